The summed E-state index contributed by atoms with van der Waals surface area (Å²) in [5.74, 6) is 0. The first-order valence-corrected chi connectivity index (χ1v) is 16.9. The number of alkyl carbamates (subject to hydrolysis) is 2. The third-order valence-electron chi connectivity index (χ3n) is 4.20. The average molecular weight is 928 g/mol. The molecule has 33 N–H and O–H groups in total. The number of aliphatic hydroxyl groups excluding tert-OH is 8. The zero-order chi connectivity index (χ0) is 48.7. The minimum atomic E-state index is -0.856. The van der Waals surface area contributed by atoms with Gasteiger partial charge < -0.3 is 134 Å². The molecule has 3 aliphatic rings. The summed E-state index contributed by atoms with van der Waals surface area (Å²) in [7, 11) is 2.00. The van der Waals surface area contributed by atoms with Crippen molar-refractivity contribution in [2.75, 3.05) is 60.2 Å². The van der Waals surface area contributed by atoms with E-state index >= 15 is 0 Å². The van der Waals surface area contributed by atoms with Crippen LogP contribution in [0.15, 0.2) is 0 Å². The summed E-state index contributed by atoms with van der Waals surface area (Å²) in [4.78, 5) is 68.2. The molecule has 0 saturated carbocycles. The predicted molar refractivity (Wildman–Crippen MR) is 225 cm³/mol. The van der Waals surface area contributed by atoms with E-state index < -0.39 is 48.6 Å². The number of cyclic esters (lactones) is 2. The maximum Gasteiger partial charge on any atom is 0.407 e. The second kappa shape index (κ2) is 62.1. The fourth-order valence-corrected chi connectivity index (χ4v) is 2.01. The summed E-state index contributed by atoms with van der Waals surface area (Å²) in [6.45, 7) is 13.7. The molecule has 0 spiro atoms. The molecule has 0 aromatic rings. The number of carbonyl (C=O) groups is 7. The minimum Gasteiger partial charge on any atom is -0.447 e. The molecule has 3 fully saturated rings. The van der Waals surface area contributed by atoms with Crippen molar-refractivity contribution in [3.05, 3.63) is 0 Å². The molecule has 3 saturated heterocycles. The van der Waals surface area contributed by atoms with Gasteiger partial charge in [-0.05, 0) is 48.5 Å². The third kappa shape index (κ3) is 124. The number of nitrogens with one attached hydrogen (secondary N) is 5. The van der Waals surface area contributed by atoms with Crippen LogP contribution in [-0.4, -0.2) is 192 Å². The number of nitrogens with two attached hydrogens (primary N) is 6. The van der Waals surface area contributed by atoms with Crippen molar-refractivity contribution in [1.82, 2.24) is 38.9 Å². The van der Waals surface area contributed by atoms with E-state index in [1.807, 2.05) is 20.8 Å². The molecule has 0 aliphatic carbocycles. The van der Waals surface area contributed by atoms with Gasteiger partial charge in [-0.1, -0.05) is 0 Å². The largest absolute Gasteiger partial charge is 0.447 e. The van der Waals surface area contributed by atoms with Crippen LogP contribution in [0.3, 0.4) is 0 Å². The number of urea groups is 4. The van der Waals surface area contributed by atoms with Crippen LogP contribution in [0.2, 0.25) is 0 Å². The van der Waals surface area contributed by atoms with Crippen LogP contribution in [0.4, 0.5) is 33.6 Å². The fraction of sp³-hybridized carbons (Fsp3) is 0.767. The molecule has 0 bridgehead atoms. The lowest BCUT2D eigenvalue weighted by Crippen LogP contribution is -2.34. The quantitative estimate of drug-likeness (QED) is 0.110. The normalized spacial score (nSPS) is 16.6. The number of amides is 11. The van der Waals surface area contributed by atoms with Crippen molar-refractivity contribution in [2.24, 2.45) is 34.4 Å². The Kier molecular flexibility index (Phi) is 84.2. The summed E-state index contributed by atoms with van der Waals surface area (Å²) in [6.07, 6.45) is -3.61. The zero-order valence-electron chi connectivity index (χ0n) is 37.0. The molecule has 7 atom stereocenters. The molecule has 3 rings (SSSR count). The number of aliphatic hydroxyl groups is 8. The van der Waals surface area contributed by atoms with Gasteiger partial charge in [0.05, 0.1) is 50.7 Å². The van der Waals surface area contributed by atoms with Crippen molar-refractivity contribution >= 4 is 42.4 Å². The Morgan fingerprint density at radius 3 is 1.03 bits per heavy atom. The molecule has 32 nitrogen and oxygen atoms in total. The van der Waals surface area contributed by atoms with Crippen LogP contribution in [0.1, 0.15) is 48.5 Å². The summed E-state index contributed by atoms with van der Waals surface area (Å²) >= 11 is 0. The molecule has 0 aromatic heterocycles. The van der Waals surface area contributed by atoms with Crippen LogP contribution in [0.25, 0.3) is 0 Å². The topological polar surface area (TPSA) is 627 Å². The van der Waals surface area contributed by atoms with Crippen LogP contribution in [0, 0.1) is 0 Å². The van der Waals surface area contributed by atoms with Gasteiger partial charge >= 0.3 is 42.4 Å². The lowest BCUT2D eigenvalue weighted by molar-refractivity contribution is 0.0833. The Morgan fingerprint density at radius 2 is 0.968 bits per heavy atom. The van der Waals surface area contributed by atoms with Crippen LogP contribution < -0.4 is 73.3 Å². The van der Waals surface area contributed by atoms with E-state index in [0.29, 0.717) is 19.1 Å². The Hall–Kier alpha value is -5.55. The van der Waals surface area contributed by atoms with Gasteiger partial charge in [0.25, 0.3) is 0 Å². The Morgan fingerprint density at radius 1 is 0.661 bits per heavy atom. The maximum atomic E-state index is 10.2. The smallest absolute Gasteiger partial charge is 0.407 e. The highest BCUT2D eigenvalue weighted by Crippen LogP contribution is 1.96. The molecular weight excluding hydrogens is 846 g/mol. The molecule has 3 aliphatic heterocycles. The van der Waals surface area contributed by atoms with E-state index in [9.17, 15) is 24.0 Å². The van der Waals surface area contributed by atoms with Gasteiger partial charge in [0, 0.05) is 33.4 Å². The number of ether oxygens (including phenoxy) is 3. The first kappa shape index (κ1) is 84.0. The molecule has 7 unspecified atom stereocenters. The predicted octanol–water partition coefficient (Wildman–Crippen LogP) is -6.10. The van der Waals surface area contributed by atoms with Crippen molar-refractivity contribution in [3.8, 4) is 0 Å². The third-order valence-corrected chi connectivity index (χ3v) is 4.20. The van der Waals surface area contributed by atoms with Gasteiger partial charge in [0.15, 0.2) is 0 Å². The number of primary amides is 6. The second-order valence-electron chi connectivity index (χ2n) is 10.9. The molecule has 380 valence electrons. The summed E-state index contributed by atoms with van der Waals surface area (Å²) in [5, 5.41) is 75.5. The van der Waals surface area contributed by atoms with Crippen molar-refractivity contribution in [2.45, 2.75) is 91.1 Å². The van der Waals surface area contributed by atoms with Gasteiger partial charge in [-0.2, -0.15) is 0 Å². The molecule has 0 radical (unpaired) electrons. The van der Waals surface area contributed by atoms with Gasteiger partial charge in [0.1, 0.15) is 18.8 Å². The number of rotatable bonds is 6. The lowest BCUT2D eigenvalue weighted by atomic mass is 10.4. The fourth-order valence-electron chi connectivity index (χ4n) is 2.01. The maximum absolute atomic E-state index is 10.2. The van der Waals surface area contributed by atoms with Crippen LogP contribution >= 0.6 is 0 Å². The highest BCUT2D eigenvalue weighted by atomic mass is 16.6. The molecule has 62 heavy (non-hydrogen) atoms. The van der Waals surface area contributed by atoms with E-state index in [2.05, 4.69) is 75.2 Å². The van der Waals surface area contributed by atoms with E-state index in [1.165, 1.54) is 20.8 Å². The lowest BCUT2D eigenvalue weighted by Gasteiger charge is -2.01. The molecule has 11 amide bonds. The summed E-state index contributed by atoms with van der Waals surface area (Å²) < 4.78 is 13.4. The van der Waals surface area contributed by atoms with Crippen LogP contribution in [-0.2, 0) is 14.2 Å². The van der Waals surface area contributed by atoms with Gasteiger partial charge in [-0.25, -0.2) is 33.6 Å². The molecular formula is C30H81N13O19. The van der Waals surface area contributed by atoms with Crippen molar-refractivity contribution < 1.29 is 94.1 Å². The molecule has 0 aromatic carbocycles. The SMILES string of the molecule is CC(O)CNC(N)=O.CC(O)CO.CC(O)CO.CC(O)COC(N)=O.CC1CNC(=O)N1.CC1CNC(=O)O1.CC1CNC(=O)O1.CO.CO.N.N.NC(N)=O.NC(N)=O.O. The van der Waals surface area contributed by atoms with Crippen LogP contribution in [0.5, 0.6) is 0 Å². The number of hydrogen-bond acceptors (Lipinski definition) is 20. The Labute approximate surface area is 361 Å². The second-order valence-corrected chi connectivity index (χ2v) is 10.9. The molecule has 32 heteroatoms. The highest BCUT2D eigenvalue weighted by molar-refractivity contribution is 5.76. The number of carbonyl (C=O) groups excluding carboxylic acids is 7. The molecule has 3 heterocycles. The highest BCUT2D eigenvalue weighted by Gasteiger charge is 2.17. The number of hydrogen-bond donors (Lipinski definition) is 21. The first-order valence-electron chi connectivity index (χ1n) is 16.9. The first-order chi connectivity index (χ1) is 27.1. The van der Waals surface area contributed by atoms with E-state index in [4.69, 9.17) is 50.4 Å². The van der Waals surface area contributed by atoms with E-state index in [1.54, 1.807) is 6.92 Å². The summed E-state index contributed by atoms with van der Waals surface area (Å²) in [6, 6.07) is -2.01. The Bertz CT molecular complexity index is 931. The van der Waals surface area contributed by atoms with E-state index in [-0.39, 0.29) is 74.6 Å². The minimum absolute atomic E-state index is 0. The van der Waals surface area contributed by atoms with Crippen molar-refractivity contribution in [1.29, 1.82) is 0 Å². The summed E-state index contributed by atoms with van der Waals surface area (Å²) in [5.41, 5.74) is 26.2. The zero-order valence-corrected chi connectivity index (χ0v) is 37.0. The van der Waals surface area contributed by atoms with E-state index in [0.717, 1.165) is 20.8 Å². The monoisotopic (exact) mass is 928 g/mol. The van der Waals surface area contributed by atoms with Gasteiger partial charge in [-0.3, -0.25) is 0 Å². The standard InChI is InChI=1S/C4H10N2O2.C4H8N2O.C4H9NO3.2C4H7NO2.2C3H8O2.2CH4N2O.2CH4O.2H3N.H2O/c1-3(7)2-6-4(5)8;1-3-2-5-4(7)6-3;1-3(6)2-8-4(5)7;2*1-3-2-5-4(6)7-3;2*1-3(5)2-4;2*2-1(3)4;2*1-2;;;/h3,7H,2H2,1H3,(H3,5,6,8);3H,2H2,1H3,(H2,5,6,7);3,6H,2H2,1H3,(H2,5,7);2*3H,2H2,1H3,(H,5,6);2*3-5H,2H2,1H3;2*(H4,2,3,4);2*2H,1H3;2*1H3;1H2. The average Bonchev–Trinajstić information content (AvgIpc) is 3.84. The Balaban J connectivity index is -0.0000000520. The van der Waals surface area contributed by atoms with Crippen molar-refractivity contribution in [3.63, 3.8) is 0 Å². The van der Waals surface area contributed by atoms with Gasteiger partial charge in [-0.15, -0.1) is 0 Å². The van der Waals surface area contributed by atoms with Gasteiger partial charge in [0.2, 0.25) is 0 Å².